The Hall–Kier alpha value is -7.54. The Balaban J connectivity index is 1.09. The number of rotatable bonds is 5. The fourth-order valence-electron chi connectivity index (χ4n) is 15.4. The molecule has 0 saturated carbocycles. The highest BCUT2D eigenvalue weighted by Crippen LogP contribution is 2.65. The van der Waals surface area contributed by atoms with Crippen molar-refractivity contribution >= 4 is 49.4 Å². The summed E-state index contributed by atoms with van der Waals surface area (Å²) in [6, 6.07) is 50.7. The average Bonchev–Trinajstić information content (AvgIpc) is 1.85. The molecule has 0 aromatic heterocycles. The van der Waals surface area contributed by atoms with Crippen molar-refractivity contribution in [2.75, 3.05) is 0 Å². The zero-order valence-corrected chi connectivity index (χ0v) is 51.0. The lowest BCUT2D eigenvalue weighted by atomic mass is 9.75. The van der Waals surface area contributed by atoms with Crippen LogP contribution in [0.2, 0.25) is 0 Å². The highest BCUT2D eigenvalue weighted by Gasteiger charge is 2.48. The second-order valence-electron chi connectivity index (χ2n) is 29.0. The normalized spacial score (nSPS) is 20.0. The van der Waals surface area contributed by atoms with Crippen LogP contribution in [0.3, 0.4) is 0 Å². The van der Waals surface area contributed by atoms with Crippen molar-refractivity contribution in [2.45, 2.75) is 131 Å². The molecule has 0 N–H and O–H groups in total. The number of benzene rings is 8. The minimum absolute atomic E-state index is 0.0112. The van der Waals surface area contributed by atoms with Crippen molar-refractivity contribution in [3.05, 3.63) is 243 Å². The van der Waals surface area contributed by atoms with Gasteiger partial charge in [0.05, 0.1) is 0 Å². The van der Waals surface area contributed by atoms with Gasteiger partial charge in [0.2, 0.25) is 0 Å². The molecule has 0 heterocycles. The van der Waals surface area contributed by atoms with Crippen LogP contribution in [0.5, 0.6) is 0 Å². The van der Waals surface area contributed by atoms with Crippen LogP contribution < -0.4 is 0 Å². The molecule has 408 valence electrons. The number of hydrogen-bond donors (Lipinski definition) is 0. The van der Waals surface area contributed by atoms with Crippen molar-refractivity contribution in [3.63, 3.8) is 0 Å². The summed E-state index contributed by atoms with van der Waals surface area (Å²) in [5, 5.41) is 5.41. The van der Waals surface area contributed by atoms with Gasteiger partial charge in [-0.3, -0.25) is 0 Å². The van der Waals surface area contributed by atoms with Gasteiger partial charge >= 0.3 is 0 Å². The van der Waals surface area contributed by atoms with Gasteiger partial charge in [-0.15, -0.1) is 0 Å². The summed E-state index contributed by atoms with van der Waals surface area (Å²) in [5.41, 5.74) is 33.5. The molecule has 8 aromatic rings. The number of hydrogen-bond acceptors (Lipinski definition) is 0. The lowest BCUT2D eigenvalue weighted by Crippen LogP contribution is -2.16. The maximum Gasteiger partial charge on any atom is 0.0200 e. The predicted molar refractivity (Wildman–Crippen MR) is 355 cm³/mol. The molecule has 6 aliphatic rings. The van der Waals surface area contributed by atoms with Gasteiger partial charge in [0.25, 0.3) is 0 Å². The SMILES string of the molecule is CC=C1c2c(c(-c3ccccc3)c3ccc(C(C)(C)C)cc3c2-c2ccccc2)C2=CC=C3c4cc5c(-c6cc(C(C)(C)C)cc(C(C)(C)C)c6)c6c(c(-c7cc(CC)cc(C(C)(C)C)c7)c5cc4CC3C21)C1=CC=CC2C=CC=C6C12. The van der Waals surface area contributed by atoms with Gasteiger partial charge in [-0.25, -0.2) is 0 Å². The summed E-state index contributed by atoms with van der Waals surface area (Å²) in [5.74, 6) is 1.03. The quantitative estimate of drug-likeness (QED) is 0.161. The third kappa shape index (κ3) is 8.05. The van der Waals surface area contributed by atoms with Gasteiger partial charge < -0.3 is 0 Å². The predicted octanol–water partition coefficient (Wildman–Crippen LogP) is 22.3. The standard InChI is InChI=1S/C82H80/c1-15-47-37-52(39-55(38-47)80(6,7)8)72-66-43-51-42-65-59(64(51)46-68(66)73(53-40-56(81(9,10)11)44-57(41-53)82(12,13)14)77-62-32-24-30-48-29-23-31-61(69(48)62)76(72)77)35-36-63-74(65)58(16-2)75-71(50-27-21-18-22-28-50)67-45-54(79(3,4)5)33-34-60(67)70(78(63)75)49-25-19-17-20-26-49/h16-41,43-46,48,65,69,74H,15,42H2,1-14H3. The maximum absolute atomic E-state index is 2.71. The van der Waals surface area contributed by atoms with Crippen molar-refractivity contribution in [2.24, 2.45) is 23.7 Å². The van der Waals surface area contributed by atoms with E-state index in [-0.39, 0.29) is 39.4 Å². The van der Waals surface area contributed by atoms with E-state index < -0.39 is 0 Å². The van der Waals surface area contributed by atoms with Crippen LogP contribution in [0.25, 0.3) is 93.9 Å². The zero-order valence-electron chi connectivity index (χ0n) is 51.0. The Labute approximate surface area is 489 Å². The fourth-order valence-corrected chi connectivity index (χ4v) is 15.4. The highest BCUT2D eigenvalue weighted by atomic mass is 14.5. The molecular formula is C82H80. The van der Waals surface area contributed by atoms with Crippen LogP contribution in [-0.2, 0) is 34.5 Å². The Morgan fingerprint density at radius 1 is 0.402 bits per heavy atom. The summed E-state index contributed by atoms with van der Waals surface area (Å²) in [7, 11) is 0. The molecule has 8 aromatic carbocycles. The van der Waals surface area contributed by atoms with E-state index in [9.17, 15) is 0 Å². The molecule has 4 atom stereocenters. The lowest BCUT2D eigenvalue weighted by Gasteiger charge is -2.28. The van der Waals surface area contributed by atoms with Crippen molar-refractivity contribution < 1.29 is 0 Å². The molecule has 0 spiro atoms. The van der Waals surface area contributed by atoms with Crippen LogP contribution in [0, 0.1) is 23.7 Å². The number of aryl methyl sites for hydroxylation is 1. The molecule has 4 unspecified atom stereocenters. The van der Waals surface area contributed by atoms with E-state index in [2.05, 4.69) is 279 Å². The molecule has 14 rings (SSSR count). The Morgan fingerprint density at radius 3 is 1.43 bits per heavy atom. The van der Waals surface area contributed by atoms with Gasteiger partial charge in [-0.1, -0.05) is 254 Å². The fraction of sp³-hybridized carbons (Fsp3) is 0.293. The molecule has 0 aliphatic heterocycles. The molecule has 0 amide bonds. The van der Waals surface area contributed by atoms with Crippen LogP contribution in [0.15, 0.2) is 182 Å². The van der Waals surface area contributed by atoms with Crippen LogP contribution >= 0.6 is 0 Å². The van der Waals surface area contributed by atoms with E-state index in [1.807, 2.05) is 0 Å². The molecule has 0 radical (unpaired) electrons. The maximum atomic E-state index is 2.71. The highest BCUT2D eigenvalue weighted by molar-refractivity contribution is 6.21. The summed E-state index contributed by atoms with van der Waals surface area (Å²) in [6.07, 6.45) is 24.2. The first-order chi connectivity index (χ1) is 39.1. The van der Waals surface area contributed by atoms with E-state index in [1.54, 1.807) is 0 Å². The smallest absolute Gasteiger partial charge is 0.0200 e. The summed E-state index contributed by atoms with van der Waals surface area (Å²) in [4.78, 5) is 0. The topological polar surface area (TPSA) is 0 Å². The Morgan fingerprint density at radius 2 is 0.878 bits per heavy atom. The van der Waals surface area contributed by atoms with Crippen molar-refractivity contribution in [1.29, 1.82) is 0 Å². The molecule has 0 fully saturated rings. The Kier molecular flexibility index (Phi) is 11.8. The van der Waals surface area contributed by atoms with Gasteiger partial charge in [-0.2, -0.15) is 0 Å². The number of fused-ring (bicyclic) bond motifs is 12. The molecule has 0 heteroatoms. The summed E-state index contributed by atoms with van der Waals surface area (Å²) < 4.78 is 0. The van der Waals surface area contributed by atoms with Gasteiger partial charge in [0.15, 0.2) is 0 Å². The average molecular weight is 1070 g/mol. The molecular weight excluding hydrogens is 985 g/mol. The second-order valence-corrected chi connectivity index (χ2v) is 29.0. The summed E-state index contributed by atoms with van der Waals surface area (Å²) in [6.45, 7) is 33.2. The van der Waals surface area contributed by atoms with Gasteiger partial charge in [0.1, 0.15) is 0 Å². The molecule has 0 saturated heterocycles. The minimum atomic E-state index is -0.0481. The first-order valence-corrected chi connectivity index (χ1v) is 30.7. The van der Waals surface area contributed by atoms with E-state index in [0.717, 1.165) is 12.8 Å². The number of allylic oxidation sites excluding steroid dienone is 14. The van der Waals surface area contributed by atoms with Crippen LogP contribution in [0.4, 0.5) is 0 Å². The lowest BCUT2D eigenvalue weighted by molar-refractivity contribution is 0.569. The van der Waals surface area contributed by atoms with Crippen LogP contribution in [0.1, 0.15) is 158 Å². The van der Waals surface area contributed by atoms with E-state index in [1.165, 1.54) is 155 Å². The molecule has 6 aliphatic carbocycles. The first kappa shape index (κ1) is 52.5. The van der Waals surface area contributed by atoms with Gasteiger partial charge in [0, 0.05) is 17.8 Å². The zero-order chi connectivity index (χ0) is 57.1. The monoisotopic (exact) mass is 1060 g/mol. The molecule has 0 nitrogen and oxygen atoms in total. The van der Waals surface area contributed by atoms with Gasteiger partial charge in [-0.05, 0) is 221 Å². The first-order valence-electron chi connectivity index (χ1n) is 30.7. The third-order valence-corrected chi connectivity index (χ3v) is 19.7. The van der Waals surface area contributed by atoms with E-state index in [0.29, 0.717) is 5.92 Å². The minimum Gasteiger partial charge on any atom is -0.0832 e. The third-order valence-electron chi connectivity index (χ3n) is 19.7. The van der Waals surface area contributed by atoms with E-state index >= 15 is 0 Å². The summed E-state index contributed by atoms with van der Waals surface area (Å²) >= 11 is 0. The van der Waals surface area contributed by atoms with E-state index in [4.69, 9.17) is 0 Å². The second kappa shape index (κ2) is 18.5. The van der Waals surface area contributed by atoms with Crippen molar-refractivity contribution in [3.8, 4) is 44.5 Å². The van der Waals surface area contributed by atoms with Crippen molar-refractivity contribution in [1.82, 2.24) is 0 Å². The Bertz CT molecular complexity index is 4260. The largest absolute Gasteiger partial charge is 0.0832 e. The molecule has 82 heavy (non-hydrogen) atoms. The van der Waals surface area contributed by atoms with Crippen LogP contribution in [-0.4, -0.2) is 0 Å². The molecule has 0 bridgehead atoms.